The van der Waals surface area contributed by atoms with E-state index in [1.165, 1.54) is 126 Å². The van der Waals surface area contributed by atoms with Crippen LogP contribution in [0.25, 0.3) is 0 Å². The molecule has 312 valence electrons. The third kappa shape index (κ3) is 8.84. The zero-order valence-corrected chi connectivity index (χ0v) is 31.7. The third-order valence-electron chi connectivity index (χ3n) is 8.60. The Morgan fingerprint density at radius 1 is 0.286 bits per heavy atom. The first kappa shape index (κ1) is 41.4. The molecule has 7 heterocycles. The van der Waals surface area contributed by atoms with Crippen molar-refractivity contribution in [1.82, 2.24) is 34.9 Å². The van der Waals surface area contributed by atoms with Crippen LogP contribution in [0.4, 0.5) is 52.2 Å². The molecule has 0 saturated heterocycles. The van der Waals surface area contributed by atoms with Crippen LogP contribution >= 0.6 is 0 Å². The second-order valence-electron chi connectivity index (χ2n) is 12.7. The van der Waals surface area contributed by atoms with Gasteiger partial charge in [-0.2, -0.15) is 0 Å². The van der Waals surface area contributed by atoms with Gasteiger partial charge in [0.25, 0.3) is 0 Å². The number of carbonyl (C=O) groups is 6. The Labute approximate surface area is 352 Å². The number of aromatic carboxylic acids is 6. The van der Waals surface area contributed by atoms with E-state index < -0.39 is 70.0 Å². The highest BCUT2D eigenvalue weighted by molar-refractivity contribution is 5.92. The fourth-order valence-corrected chi connectivity index (χ4v) is 5.93. The molecule has 7 aromatic rings. The summed E-state index contributed by atoms with van der Waals surface area (Å²) in [7, 11) is 0. The highest BCUT2D eigenvalue weighted by Gasteiger charge is 2.28. The molecule has 0 atom stereocenters. The molecule has 0 bridgehead atoms. The Kier molecular flexibility index (Phi) is 11.3. The van der Waals surface area contributed by atoms with Crippen LogP contribution in [0.2, 0.25) is 0 Å². The van der Waals surface area contributed by atoms with Crippen molar-refractivity contribution in [2.75, 3.05) is 14.7 Å². The maximum Gasteiger partial charge on any atom is 0.354 e. The quantitative estimate of drug-likeness (QED) is 0.0683. The third-order valence-corrected chi connectivity index (χ3v) is 8.60. The monoisotopic (exact) mass is 850 g/mol. The molecule has 7 rings (SSSR count). The maximum atomic E-state index is 12.2. The number of aromatic nitrogens is 7. The summed E-state index contributed by atoms with van der Waals surface area (Å²) < 4.78 is 0. The molecule has 0 aliphatic heterocycles. The normalized spacial score (nSPS) is 10.7. The summed E-state index contributed by atoms with van der Waals surface area (Å²) in [6.07, 6.45) is 0. The summed E-state index contributed by atoms with van der Waals surface area (Å²) in [5.74, 6) is -10.2. The first-order valence-electron chi connectivity index (χ1n) is 17.8. The van der Waals surface area contributed by atoms with Crippen LogP contribution in [-0.4, -0.2) is 101 Å². The molecule has 7 aromatic heterocycles. The standard InChI is InChI=1S/C41H26N10O12/c52-36(53)22-7-1-13-28(42-22)49(29-14-2-8-23(43-29)37(54)55)21-19-34(50(30-15-3-9-24(44-30)38(56)57)31-16-4-10-25(45-31)39(58)59)48-35(20-21)51(32-17-5-11-26(46-32)40(60)61)33-18-6-12-27(47-33)41(62)63/h1-20H,(H,52,53)(H,54,55)(H,56,57)(H,58,59)(H,60,61)(H,62,63). The summed E-state index contributed by atoms with van der Waals surface area (Å²) in [6, 6.07) is 26.0. The van der Waals surface area contributed by atoms with Crippen molar-refractivity contribution >= 4 is 88.0 Å². The molecule has 0 aliphatic carbocycles. The van der Waals surface area contributed by atoms with Gasteiger partial charge in [-0.3, -0.25) is 14.7 Å². The highest BCUT2D eigenvalue weighted by Crippen LogP contribution is 2.42. The van der Waals surface area contributed by atoms with Crippen molar-refractivity contribution in [2.24, 2.45) is 0 Å². The maximum absolute atomic E-state index is 12.2. The van der Waals surface area contributed by atoms with Crippen molar-refractivity contribution in [3.63, 3.8) is 0 Å². The number of hydrogen-bond donors (Lipinski definition) is 6. The molecular weight excluding hydrogens is 825 g/mol. The molecule has 0 fully saturated rings. The smallest absolute Gasteiger partial charge is 0.354 e. The van der Waals surface area contributed by atoms with Crippen LogP contribution in [0, 0.1) is 0 Å². The summed E-state index contributed by atoms with van der Waals surface area (Å²) in [6.45, 7) is 0. The molecule has 0 radical (unpaired) electrons. The lowest BCUT2D eigenvalue weighted by atomic mass is 10.2. The van der Waals surface area contributed by atoms with E-state index in [1.807, 2.05) is 0 Å². The van der Waals surface area contributed by atoms with Gasteiger partial charge in [0.1, 0.15) is 46.5 Å². The molecule has 22 nitrogen and oxygen atoms in total. The SMILES string of the molecule is O=C(O)c1cccc(N(c2cc(N(c3cccc(C(=O)O)n3)c3cccc(C(=O)O)n3)nc(N(c3cccc(C(=O)O)n3)c3cccc(C(=O)O)n3)c2)c2cccc(C(=O)O)n2)n1. The Morgan fingerprint density at radius 3 is 0.698 bits per heavy atom. The molecule has 22 heteroatoms. The molecule has 0 saturated carbocycles. The van der Waals surface area contributed by atoms with Gasteiger partial charge in [-0.25, -0.2) is 63.7 Å². The fraction of sp³-hybridized carbons (Fsp3) is 0. The molecule has 0 aromatic carbocycles. The number of nitrogens with zero attached hydrogens (tertiary/aromatic N) is 10. The zero-order valence-electron chi connectivity index (χ0n) is 31.7. The van der Waals surface area contributed by atoms with Crippen LogP contribution in [0.3, 0.4) is 0 Å². The van der Waals surface area contributed by atoms with Crippen molar-refractivity contribution in [3.05, 3.63) is 155 Å². The Hall–Kier alpha value is -9.73. The zero-order chi connectivity index (χ0) is 44.9. The van der Waals surface area contributed by atoms with E-state index in [4.69, 9.17) is 4.98 Å². The van der Waals surface area contributed by atoms with Crippen LogP contribution in [0.5, 0.6) is 0 Å². The van der Waals surface area contributed by atoms with E-state index in [2.05, 4.69) is 29.9 Å². The van der Waals surface area contributed by atoms with Gasteiger partial charge >= 0.3 is 35.8 Å². The number of carboxylic acid groups (broad SMARTS) is 6. The summed E-state index contributed by atoms with van der Waals surface area (Å²) in [5.41, 5.74) is -2.79. The van der Waals surface area contributed by atoms with Gasteiger partial charge in [0.05, 0.1) is 5.69 Å². The van der Waals surface area contributed by atoms with E-state index in [9.17, 15) is 59.4 Å². The van der Waals surface area contributed by atoms with Gasteiger partial charge in [0, 0.05) is 12.1 Å². The van der Waals surface area contributed by atoms with Crippen LogP contribution in [0.1, 0.15) is 62.9 Å². The van der Waals surface area contributed by atoms with Gasteiger partial charge in [0.15, 0.2) is 34.2 Å². The van der Waals surface area contributed by atoms with Crippen molar-refractivity contribution in [1.29, 1.82) is 0 Å². The fourth-order valence-electron chi connectivity index (χ4n) is 5.93. The predicted molar refractivity (Wildman–Crippen MR) is 217 cm³/mol. The highest BCUT2D eigenvalue weighted by atomic mass is 16.4. The molecule has 0 amide bonds. The Bertz CT molecular complexity index is 2500. The minimum absolute atomic E-state index is 0.0670. The molecule has 63 heavy (non-hydrogen) atoms. The number of anilines is 9. The molecule has 0 aliphatic rings. The first-order chi connectivity index (χ1) is 30.2. The minimum atomic E-state index is -1.44. The molecule has 6 N–H and O–H groups in total. The molecule has 0 unspecified atom stereocenters. The van der Waals surface area contributed by atoms with Gasteiger partial charge in [0.2, 0.25) is 0 Å². The van der Waals surface area contributed by atoms with Gasteiger partial charge < -0.3 is 30.6 Å². The first-order valence-corrected chi connectivity index (χ1v) is 17.8. The van der Waals surface area contributed by atoms with Crippen LogP contribution in [-0.2, 0) is 0 Å². The lowest BCUT2D eigenvalue weighted by molar-refractivity contribution is 0.0680. The lowest BCUT2D eigenvalue weighted by Gasteiger charge is -2.30. The van der Waals surface area contributed by atoms with E-state index in [0.29, 0.717) is 0 Å². The largest absolute Gasteiger partial charge is 0.477 e. The number of hydrogen-bond acceptors (Lipinski definition) is 16. The van der Waals surface area contributed by atoms with E-state index >= 15 is 0 Å². The summed E-state index contributed by atoms with van der Waals surface area (Å²) >= 11 is 0. The average molecular weight is 851 g/mol. The number of carboxylic acids is 6. The number of rotatable bonds is 15. The van der Waals surface area contributed by atoms with Gasteiger partial charge in [-0.15, -0.1) is 0 Å². The Morgan fingerprint density at radius 2 is 0.492 bits per heavy atom. The van der Waals surface area contributed by atoms with Gasteiger partial charge in [-0.05, 0) is 72.8 Å². The lowest BCUT2D eigenvalue weighted by Crippen LogP contribution is -2.22. The van der Waals surface area contributed by atoms with Crippen LogP contribution < -0.4 is 14.7 Å². The van der Waals surface area contributed by atoms with E-state index in [0.717, 1.165) is 9.80 Å². The second-order valence-corrected chi connectivity index (χ2v) is 12.7. The van der Waals surface area contributed by atoms with Gasteiger partial charge in [-0.1, -0.05) is 36.4 Å². The summed E-state index contributed by atoms with van der Waals surface area (Å²) in [4.78, 5) is 107. The van der Waals surface area contributed by atoms with Crippen molar-refractivity contribution in [3.8, 4) is 0 Å². The van der Waals surface area contributed by atoms with Crippen molar-refractivity contribution in [2.45, 2.75) is 0 Å². The molecule has 0 spiro atoms. The van der Waals surface area contributed by atoms with Crippen molar-refractivity contribution < 1.29 is 59.4 Å². The molecular formula is C41H26N10O12. The Balaban J connectivity index is 1.64. The van der Waals surface area contributed by atoms with E-state index in [-0.39, 0.29) is 52.2 Å². The predicted octanol–water partition coefficient (Wildman–Crippen LogP) is 6.05. The second kappa shape index (κ2) is 17.2. The van der Waals surface area contributed by atoms with E-state index in [1.54, 1.807) is 0 Å². The topological polar surface area (TPSA) is 324 Å². The van der Waals surface area contributed by atoms with Crippen LogP contribution in [0.15, 0.2) is 121 Å². The number of pyridine rings is 7. The minimum Gasteiger partial charge on any atom is -0.477 e. The summed E-state index contributed by atoms with van der Waals surface area (Å²) in [5, 5.41) is 59.6. The average Bonchev–Trinajstić information content (AvgIpc) is 3.27.